The van der Waals surface area contributed by atoms with Gasteiger partial charge in [0.2, 0.25) is 10.0 Å². The van der Waals surface area contributed by atoms with Gasteiger partial charge < -0.3 is 4.74 Å². The average Bonchev–Trinajstić information content (AvgIpc) is 2.66. The molecule has 0 aromatic carbocycles. The van der Waals surface area contributed by atoms with E-state index in [-0.39, 0.29) is 12.6 Å². The molecular weight excluding hydrogens is 204 g/mol. The van der Waals surface area contributed by atoms with E-state index in [0.29, 0.717) is 6.61 Å². The topological polar surface area (TPSA) is 79.2 Å². The number of nitrogens with zero attached hydrogens (tertiary/aromatic N) is 1. The molecule has 2 atom stereocenters. The highest BCUT2D eigenvalue weighted by atomic mass is 32.2. The van der Waals surface area contributed by atoms with Crippen LogP contribution < -0.4 is 4.72 Å². The van der Waals surface area contributed by atoms with E-state index in [9.17, 15) is 8.42 Å². The second-order valence-corrected chi connectivity index (χ2v) is 5.39. The highest BCUT2D eigenvalue weighted by molar-refractivity contribution is 7.90. The summed E-state index contributed by atoms with van der Waals surface area (Å²) in [5.41, 5.74) is 0. The number of hydrogen-bond donors (Lipinski definition) is 1. The van der Waals surface area contributed by atoms with E-state index >= 15 is 0 Å². The zero-order chi connectivity index (χ0) is 10.6. The molecule has 1 heterocycles. The van der Waals surface area contributed by atoms with E-state index in [0.717, 1.165) is 12.8 Å². The zero-order valence-corrected chi connectivity index (χ0v) is 8.88. The molecule has 80 valence electrons. The summed E-state index contributed by atoms with van der Waals surface area (Å²) in [6, 6.07) is 1.69. The van der Waals surface area contributed by atoms with Gasteiger partial charge in [-0.25, -0.2) is 13.1 Å². The fourth-order valence-corrected chi connectivity index (χ4v) is 2.02. The number of ether oxygens (including phenoxy) is 1. The molecule has 0 radical (unpaired) electrons. The van der Waals surface area contributed by atoms with Gasteiger partial charge in [0.05, 0.1) is 12.2 Å². The van der Waals surface area contributed by atoms with E-state index < -0.39 is 15.3 Å². The predicted molar refractivity (Wildman–Crippen MR) is 51.0 cm³/mol. The van der Waals surface area contributed by atoms with Crippen molar-refractivity contribution >= 4 is 10.0 Å². The normalized spacial score (nSPS) is 24.4. The lowest BCUT2D eigenvalue weighted by Gasteiger charge is -2.11. The number of nitriles is 1. The van der Waals surface area contributed by atoms with E-state index in [4.69, 9.17) is 10.00 Å². The van der Waals surface area contributed by atoms with Crippen LogP contribution in [-0.4, -0.2) is 32.9 Å². The summed E-state index contributed by atoms with van der Waals surface area (Å²) in [5, 5.41) is 7.45. The maximum absolute atomic E-state index is 11.3. The monoisotopic (exact) mass is 218 g/mol. The maximum atomic E-state index is 11.3. The summed E-state index contributed by atoms with van der Waals surface area (Å²) in [4.78, 5) is 0. The van der Waals surface area contributed by atoms with Gasteiger partial charge in [0.1, 0.15) is 0 Å². The minimum absolute atomic E-state index is 0.0318. The highest BCUT2D eigenvalue weighted by Gasteiger charge is 2.23. The summed E-state index contributed by atoms with van der Waals surface area (Å²) in [5.74, 6) is 0. The van der Waals surface area contributed by atoms with Crippen LogP contribution in [0.25, 0.3) is 0 Å². The van der Waals surface area contributed by atoms with Crippen molar-refractivity contribution in [3.63, 3.8) is 0 Å². The van der Waals surface area contributed by atoms with Crippen LogP contribution >= 0.6 is 0 Å². The minimum Gasteiger partial charge on any atom is -0.377 e. The van der Waals surface area contributed by atoms with Gasteiger partial charge in [-0.05, 0) is 19.8 Å². The van der Waals surface area contributed by atoms with Crippen LogP contribution in [-0.2, 0) is 14.8 Å². The third-order valence-corrected chi connectivity index (χ3v) is 3.79. The number of hydrogen-bond acceptors (Lipinski definition) is 4. The second-order valence-electron chi connectivity index (χ2n) is 3.30. The Kier molecular flexibility index (Phi) is 3.86. The van der Waals surface area contributed by atoms with Crippen LogP contribution in [0.3, 0.4) is 0 Å². The Morgan fingerprint density at radius 3 is 2.93 bits per heavy atom. The number of sulfonamides is 1. The molecule has 1 aliphatic heterocycles. The van der Waals surface area contributed by atoms with E-state index in [2.05, 4.69) is 4.72 Å². The summed E-state index contributed by atoms with van der Waals surface area (Å²) in [7, 11) is -3.49. The zero-order valence-electron chi connectivity index (χ0n) is 8.06. The van der Waals surface area contributed by atoms with Crippen molar-refractivity contribution < 1.29 is 13.2 Å². The van der Waals surface area contributed by atoms with Crippen LogP contribution in [0.15, 0.2) is 0 Å². The van der Waals surface area contributed by atoms with Gasteiger partial charge in [-0.15, -0.1) is 0 Å². The number of nitrogens with one attached hydrogen (secondary N) is 1. The third-order valence-electron chi connectivity index (χ3n) is 2.18. The van der Waals surface area contributed by atoms with Gasteiger partial charge in [0.15, 0.2) is 5.25 Å². The van der Waals surface area contributed by atoms with Crippen LogP contribution in [0, 0.1) is 11.3 Å². The summed E-state index contributed by atoms with van der Waals surface area (Å²) < 4.78 is 30.3. The van der Waals surface area contributed by atoms with Crippen LogP contribution in [0.1, 0.15) is 19.8 Å². The molecule has 1 fully saturated rings. The lowest BCUT2D eigenvalue weighted by molar-refractivity contribution is 0.114. The predicted octanol–water partition coefficient (Wildman–Crippen LogP) is -0.00312. The van der Waals surface area contributed by atoms with Gasteiger partial charge >= 0.3 is 0 Å². The summed E-state index contributed by atoms with van der Waals surface area (Å²) in [6.45, 7) is 2.33. The SMILES string of the molecule is CC(C#N)S(=O)(=O)NCC1CCCO1. The lowest BCUT2D eigenvalue weighted by atomic mass is 10.2. The standard InChI is InChI=1S/C8H14N2O3S/c1-7(5-9)14(11,12)10-6-8-3-2-4-13-8/h7-8,10H,2-4,6H2,1H3. The van der Waals surface area contributed by atoms with Crippen LogP contribution in [0.2, 0.25) is 0 Å². The molecule has 1 rings (SSSR count). The maximum Gasteiger partial charge on any atom is 0.227 e. The van der Waals surface area contributed by atoms with E-state index in [1.54, 1.807) is 6.07 Å². The molecule has 1 aliphatic rings. The summed E-state index contributed by atoms with van der Waals surface area (Å²) >= 11 is 0. The van der Waals surface area contributed by atoms with Gasteiger partial charge in [0, 0.05) is 13.2 Å². The molecule has 0 amide bonds. The Labute approximate surface area is 84.1 Å². The Morgan fingerprint density at radius 2 is 2.43 bits per heavy atom. The molecule has 2 unspecified atom stereocenters. The Balaban J connectivity index is 2.40. The van der Waals surface area contributed by atoms with Crippen molar-refractivity contribution in [1.82, 2.24) is 4.72 Å². The van der Waals surface area contributed by atoms with Gasteiger partial charge in [-0.2, -0.15) is 5.26 Å². The fraction of sp³-hybridized carbons (Fsp3) is 0.875. The largest absolute Gasteiger partial charge is 0.377 e. The Morgan fingerprint density at radius 1 is 1.71 bits per heavy atom. The molecule has 0 saturated carbocycles. The molecule has 0 aromatic rings. The minimum atomic E-state index is -3.49. The molecule has 1 N–H and O–H groups in total. The van der Waals surface area contributed by atoms with Crippen molar-refractivity contribution in [2.75, 3.05) is 13.2 Å². The fourth-order valence-electron chi connectivity index (χ4n) is 1.21. The van der Waals surface area contributed by atoms with Crippen molar-refractivity contribution in [1.29, 1.82) is 5.26 Å². The smallest absolute Gasteiger partial charge is 0.227 e. The molecule has 1 saturated heterocycles. The Bertz CT molecular complexity index is 314. The molecule has 0 aliphatic carbocycles. The molecule has 14 heavy (non-hydrogen) atoms. The van der Waals surface area contributed by atoms with Gasteiger partial charge in [-0.1, -0.05) is 0 Å². The first-order valence-corrected chi connectivity index (χ1v) is 6.10. The van der Waals surface area contributed by atoms with E-state index in [1.165, 1.54) is 6.92 Å². The van der Waals surface area contributed by atoms with Crippen LogP contribution in [0.4, 0.5) is 0 Å². The third kappa shape index (κ3) is 2.94. The summed E-state index contributed by atoms with van der Waals surface area (Å²) in [6.07, 6.45) is 1.82. The van der Waals surface area contributed by atoms with Crippen LogP contribution in [0.5, 0.6) is 0 Å². The first-order valence-electron chi connectivity index (χ1n) is 4.56. The Hall–Kier alpha value is -0.640. The van der Waals surface area contributed by atoms with Gasteiger partial charge in [0.25, 0.3) is 0 Å². The number of rotatable bonds is 4. The first kappa shape index (κ1) is 11.4. The molecular formula is C8H14N2O3S. The molecule has 0 aromatic heterocycles. The molecule has 0 bridgehead atoms. The molecule has 0 spiro atoms. The van der Waals surface area contributed by atoms with Crippen molar-refractivity contribution in [3.8, 4) is 6.07 Å². The van der Waals surface area contributed by atoms with Crippen molar-refractivity contribution in [2.45, 2.75) is 31.1 Å². The molecule has 6 heteroatoms. The second kappa shape index (κ2) is 4.73. The quantitative estimate of drug-likeness (QED) is 0.720. The lowest BCUT2D eigenvalue weighted by Crippen LogP contribution is -2.36. The highest BCUT2D eigenvalue weighted by Crippen LogP contribution is 2.11. The van der Waals surface area contributed by atoms with E-state index in [1.807, 2.05) is 0 Å². The van der Waals surface area contributed by atoms with Crippen molar-refractivity contribution in [3.05, 3.63) is 0 Å². The van der Waals surface area contributed by atoms with Crippen molar-refractivity contribution in [2.24, 2.45) is 0 Å². The molecule has 5 nitrogen and oxygen atoms in total. The average molecular weight is 218 g/mol. The van der Waals surface area contributed by atoms with Gasteiger partial charge in [-0.3, -0.25) is 0 Å². The first-order chi connectivity index (χ1) is 6.56.